The van der Waals surface area contributed by atoms with E-state index in [4.69, 9.17) is 0 Å². The van der Waals surface area contributed by atoms with Gasteiger partial charge in [0.1, 0.15) is 0 Å². The summed E-state index contributed by atoms with van der Waals surface area (Å²) in [6.45, 7) is 2.10. The van der Waals surface area contributed by atoms with E-state index in [9.17, 15) is 0 Å². The molecule has 1 heterocycles. The normalized spacial score (nSPS) is 13.5. The molecule has 0 spiro atoms. The van der Waals surface area contributed by atoms with Crippen molar-refractivity contribution in [3.05, 3.63) is 24.3 Å². The molecule has 0 aromatic carbocycles. The Morgan fingerprint density at radius 1 is 1.36 bits per heavy atom. The summed E-state index contributed by atoms with van der Waals surface area (Å²) in [4.78, 5) is 10.3. The Kier molecular flexibility index (Phi) is 2.54. The lowest BCUT2D eigenvalue weighted by molar-refractivity contribution is 0.314. The third-order valence-corrected chi connectivity index (χ3v) is 1.79. The first-order valence-corrected chi connectivity index (χ1v) is 3.64. The maximum Gasteiger partial charge on any atom is 0.0755 e. The molecule has 1 unspecified atom stereocenters. The number of nitrogens with zero attached hydrogens (tertiary/aromatic N) is 3. The predicted molar refractivity (Wildman–Crippen MR) is 44.1 cm³/mol. The van der Waals surface area contributed by atoms with E-state index in [1.165, 1.54) is 0 Å². The van der Waals surface area contributed by atoms with Crippen molar-refractivity contribution in [2.45, 2.75) is 13.0 Å². The summed E-state index contributed by atoms with van der Waals surface area (Å²) in [5.74, 6) is 0. The zero-order chi connectivity index (χ0) is 8.27. The second-order valence-corrected chi connectivity index (χ2v) is 2.77. The number of hydrogen-bond donors (Lipinski definition) is 0. The first kappa shape index (κ1) is 8.14. The van der Waals surface area contributed by atoms with Crippen molar-refractivity contribution < 1.29 is 0 Å². The van der Waals surface area contributed by atoms with Gasteiger partial charge in [0.05, 0.1) is 11.7 Å². The van der Waals surface area contributed by atoms with Crippen molar-refractivity contribution in [2.75, 3.05) is 14.1 Å². The first-order chi connectivity index (χ1) is 5.22. The molecule has 0 fully saturated rings. The maximum atomic E-state index is 4.20. The van der Waals surface area contributed by atoms with Gasteiger partial charge in [-0.15, -0.1) is 0 Å². The van der Waals surface area contributed by atoms with E-state index >= 15 is 0 Å². The fourth-order valence-electron chi connectivity index (χ4n) is 0.791. The molecule has 0 aliphatic heterocycles. The minimum atomic E-state index is 0.337. The molecule has 0 N–H and O–H groups in total. The van der Waals surface area contributed by atoms with E-state index in [-0.39, 0.29) is 0 Å². The summed E-state index contributed by atoms with van der Waals surface area (Å²) < 4.78 is 0. The molecule has 0 aliphatic rings. The second kappa shape index (κ2) is 3.44. The van der Waals surface area contributed by atoms with Gasteiger partial charge in [-0.25, -0.2) is 0 Å². The molecule has 0 bridgehead atoms. The minimum absolute atomic E-state index is 0.337. The summed E-state index contributed by atoms with van der Waals surface area (Å²) >= 11 is 0. The number of rotatable bonds is 2. The smallest absolute Gasteiger partial charge is 0.0755 e. The van der Waals surface area contributed by atoms with Crippen molar-refractivity contribution in [3.8, 4) is 0 Å². The standard InChI is InChI=1S/C8H13N3/c1-7(11(2)3)8-6-9-4-5-10-8/h4-7H,1-3H3. The van der Waals surface area contributed by atoms with E-state index in [1.807, 2.05) is 14.1 Å². The summed E-state index contributed by atoms with van der Waals surface area (Å²) in [5.41, 5.74) is 1.01. The molecule has 60 valence electrons. The molecular weight excluding hydrogens is 138 g/mol. The maximum absolute atomic E-state index is 4.20. The summed E-state index contributed by atoms with van der Waals surface area (Å²) in [7, 11) is 4.05. The zero-order valence-corrected chi connectivity index (χ0v) is 7.15. The van der Waals surface area contributed by atoms with E-state index < -0.39 is 0 Å². The highest BCUT2D eigenvalue weighted by Crippen LogP contribution is 2.11. The monoisotopic (exact) mass is 151 g/mol. The largest absolute Gasteiger partial charge is 0.301 e. The Morgan fingerprint density at radius 3 is 2.55 bits per heavy atom. The highest BCUT2D eigenvalue weighted by atomic mass is 15.1. The highest BCUT2D eigenvalue weighted by Gasteiger charge is 2.07. The van der Waals surface area contributed by atoms with Crippen LogP contribution in [0, 0.1) is 0 Å². The van der Waals surface area contributed by atoms with E-state index in [2.05, 4.69) is 21.8 Å². The van der Waals surface area contributed by atoms with Gasteiger partial charge in [0, 0.05) is 18.6 Å². The molecule has 0 amide bonds. The molecular formula is C8H13N3. The van der Waals surface area contributed by atoms with Crippen molar-refractivity contribution in [3.63, 3.8) is 0 Å². The van der Waals surface area contributed by atoms with Crippen molar-refractivity contribution in [2.24, 2.45) is 0 Å². The Labute approximate surface area is 67.1 Å². The summed E-state index contributed by atoms with van der Waals surface area (Å²) in [6.07, 6.45) is 5.20. The third-order valence-electron chi connectivity index (χ3n) is 1.79. The van der Waals surface area contributed by atoms with Crippen LogP contribution in [0.15, 0.2) is 18.6 Å². The topological polar surface area (TPSA) is 29.0 Å². The van der Waals surface area contributed by atoms with Gasteiger partial charge < -0.3 is 4.90 Å². The van der Waals surface area contributed by atoms with E-state index in [1.54, 1.807) is 18.6 Å². The van der Waals surface area contributed by atoms with Crippen LogP contribution in [0.2, 0.25) is 0 Å². The average molecular weight is 151 g/mol. The zero-order valence-electron chi connectivity index (χ0n) is 7.15. The molecule has 1 aromatic heterocycles. The van der Waals surface area contributed by atoms with Gasteiger partial charge in [-0.1, -0.05) is 0 Å². The molecule has 0 saturated heterocycles. The summed E-state index contributed by atoms with van der Waals surface area (Å²) in [6, 6.07) is 0.337. The lowest BCUT2D eigenvalue weighted by atomic mass is 10.2. The van der Waals surface area contributed by atoms with Crippen LogP contribution in [0.3, 0.4) is 0 Å². The van der Waals surface area contributed by atoms with Crippen LogP contribution in [-0.2, 0) is 0 Å². The fourth-order valence-corrected chi connectivity index (χ4v) is 0.791. The molecule has 1 aromatic rings. The lowest BCUT2D eigenvalue weighted by Crippen LogP contribution is -2.17. The van der Waals surface area contributed by atoms with Crippen LogP contribution in [0.5, 0.6) is 0 Å². The van der Waals surface area contributed by atoms with Crippen LogP contribution in [-0.4, -0.2) is 29.0 Å². The van der Waals surface area contributed by atoms with Crippen LogP contribution < -0.4 is 0 Å². The van der Waals surface area contributed by atoms with E-state index in [0.717, 1.165) is 5.69 Å². The lowest BCUT2D eigenvalue weighted by Gasteiger charge is -2.17. The van der Waals surface area contributed by atoms with Crippen LogP contribution in [0.4, 0.5) is 0 Å². The number of aromatic nitrogens is 2. The predicted octanol–water partition coefficient (Wildman–Crippen LogP) is 1.10. The first-order valence-electron chi connectivity index (χ1n) is 3.64. The Balaban J connectivity index is 2.77. The van der Waals surface area contributed by atoms with Crippen molar-refractivity contribution in [1.82, 2.24) is 14.9 Å². The quantitative estimate of drug-likeness (QED) is 0.633. The second-order valence-electron chi connectivity index (χ2n) is 2.77. The highest BCUT2D eigenvalue weighted by molar-refractivity contribution is 5.00. The van der Waals surface area contributed by atoms with Gasteiger partial charge in [-0.05, 0) is 21.0 Å². The van der Waals surface area contributed by atoms with Crippen LogP contribution >= 0.6 is 0 Å². The molecule has 0 aliphatic carbocycles. The van der Waals surface area contributed by atoms with Gasteiger partial charge in [-0.3, -0.25) is 9.97 Å². The third kappa shape index (κ3) is 1.98. The molecule has 1 atom stereocenters. The Bertz CT molecular complexity index is 208. The summed E-state index contributed by atoms with van der Waals surface area (Å²) in [5, 5.41) is 0. The SMILES string of the molecule is CC(c1cnccn1)N(C)C. The van der Waals surface area contributed by atoms with Gasteiger partial charge in [0.15, 0.2) is 0 Å². The molecule has 0 saturated carbocycles. The molecule has 11 heavy (non-hydrogen) atoms. The molecule has 1 rings (SSSR count). The van der Waals surface area contributed by atoms with Crippen LogP contribution in [0.25, 0.3) is 0 Å². The molecule has 3 nitrogen and oxygen atoms in total. The van der Waals surface area contributed by atoms with Crippen LogP contribution in [0.1, 0.15) is 18.7 Å². The van der Waals surface area contributed by atoms with Crippen molar-refractivity contribution >= 4 is 0 Å². The minimum Gasteiger partial charge on any atom is -0.301 e. The van der Waals surface area contributed by atoms with E-state index in [0.29, 0.717) is 6.04 Å². The van der Waals surface area contributed by atoms with Crippen molar-refractivity contribution in [1.29, 1.82) is 0 Å². The number of hydrogen-bond acceptors (Lipinski definition) is 3. The average Bonchev–Trinajstić information content (AvgIpc) is 2.05. The molecule has 0 radical (unpaired) electrons. The van der Waals surface area contributed by atoms with Gasteiger partial charge in [0.2, 0.25) is 0 Å². The van der Waals surface area contributed by atoms with Gasteiger partial charge >= 0.3 is 0 Å². The Hall–Kier alpha value is -0.960. The van der Waals surface area contributed by atoms with Gasteiger partial charge in [0.25, 0.3) is 0 Å². The Morgan fingerprint density at radius 2 is 2.09 bits per heavy atom. The molecule has 3 heteroatoms. The van der Waals surface area contributed by atoms with Gasteiger partial charge in [-0.2, -0.15) is 0 Å². The fraction of sp³-hybridized carbons (Fsp3) is 0.500.